The van der Waals surface area contributed by atoms with Crippen molar-refractivity contribution >= 4 is 0 Å². The third-order valence-corrected chi connectivity index (χ3v) is 2.51. The van der Waals surface area contributed by atoms with Gasteiger partial charge in [-0.15, -0.1) is 13.2 Å². The van der Waals surface area contributed by atoms with Crippen LogP contribution in [0.3, 0.4) is 0 Å². The lowest BCUT2D eigenvalue weighted by molar-refractivity contribution is -0.274. The van der Waals surface area contributed by atoms with Crippen molar-refractivity contribution in [1.29, 1.82) is 0 Å². The van der Waals surface area contributed by atoms with Gasteiger partial charge in [-0.2, -0.15) is 0 Å². The Morgan fingerprint density at radius 1 is 1.16 bits per heavy atom. The van der Waals surface area contributed by atoms with Crippen LogP contribution in [0.5, 0.6) is 5.75 Å². The minimum absolute atomic E-state index is 0.135. The molecule has 3 nitrogen and oxygen atoms in total. The number of alkyl halides is 3. The van der Waals surface area contributed by atoms with E-state index in [1.807, 2.05) is 0 Å². The predicted molar refractivity (Wildman–Crippen MR) is 63.9 cm³/mol. The minimum atomic E-state index is -4.71. The van der Waals surface area contributed by atoms with Gasteiger partial charge in [0.15, 0.2) is 5.43 Å². The van der Waals surface area contributed by atoms with Crippen molar-refractivity contribution in [3.05, 3.63) is 52.3 Å². The van der Waals surface area contributed by atoms with Crippen molar-refractivity contribution in [2.75, 3.05) is 0 Å². The highest BCUT2D eigenvalue weighted by Crippen LogP contribution is 2.25. The van der Waals surface area contributed by atoms with Gasteiger partial charge in [0.25, 0.3) is 0 Å². The summed E-state index contributed by atoms with van der Waals surface area (Å²) in [5.41, 5.74) is 1.57. The topological polar surface area (TPSA) is 42.1 Å². The van der Waals surface area contributed by atoms with Crippen LogP contribution in [0.15, 0.2) is 41.3 Å². The second-order valence-corrected chi connectivity index (χ2v) is 3.97. The smallest absolute Gasteiger partial charge is 0.406 e. The molecule has 0 saturated carbocycles. The van der Waals surface area contributed by atoms with Crippen LogP contribution < -0.4 is 10.2 Å². The molecule has 2 aromatic rings. The average molecular weight is 269 g/mol. The van der Waals surface area contributed by atoms with Crippen LogP contribution in [0, 0.1) is 6.92 Å². The number of halogens is 3. The molecular weight excluding hydrogens is 259 g/mol. The summed E-state index contributed by atoms with van der Waals surface area (Å²) in [6.45, 7) is 1.67. The third-order valence-electron chi connectivity index (χ3n) is 2.51. The van der Waals surface area contributed by atoms with Crippen molar-refractivity contribution < 1.29 is 17.9 Å². The summed E-state index contributed by atoms with van der Waals surface area (Å²) in [6, 6.07) is 6.68. The van der Waals surface area contributed by atoms with E-state index in [4.69, 9.17) is 0 Å². The van der Waals surface area contributed by atoms with Crippen LogP contribution >= 0.6 is 0 Å². The fraction of sp³-hybridized carbons (Fsp3) is 0.154. The molecule has 0 aliphatic carbocycles. The molecule has 19 heavy (non-hydrogen) atoms. The summed E-state index contributed by atoms with van der Waals surface area (Å²) in [5.74, 6) is -0.300. The van der Waals surface area contributed by atoms with Gasteiger partial charge in [-0.05, 0) is 36.8 Å². The fourth-order valence-electron chi connectivity index (χ4n) is 1.55. The monoisotopic (exact) mass is 269 g/mol. The number of nitrogens with one attached hydrogen (secondary N) is 1. The first-order valence-electron chi connectivity index (χ1n) is 5.41. The van der Waals surface area contributed by atoms with E-state index in [0.29, 0.717) is 16.8 Å². The molecule has 0 aliphatic heterocycles. The summed E-state index contributed by atoms with van der Waals surface area (Å²) in [6.07, 6.45) is -3.16. The summed E-state index contributed by atoms with van der Waals surface area (Å²) >= 11 is 0. The molecule has 1 heterocycles. The number of aryl methyl sites for hydroxylation is 1. The van der Waals surface area contributed by atoms with Crippen molar-refractivity contribution in [3.8, 4) is 17.0 Å². The second-order valence-electron chi connectivity index (χ2n) is 3.97. The molecule has 0 unspecified atom stereocenters. The molecule has 0 amide bonds. The number of H-pyrrole nitrogens is 1. The minimum Gasteiger partial charge on any atom is -0.406 e. The van der Waals surface area contributed by atoms with Crippen LogP contribution in [-0.2, 0) is 0 Å². The molecule has 2 rings (SSSR count). The first kappa shape index (κ1) is 13.2. The molecule has 1 N–H and O–H groups in total. The lowest BCUT2D eigenvalue weighted by Crippen LogP contribution is -2.16. The molecule has 1 aromatic heterocycles. The lowest BCUT2D eigenvalue weighted by atomic mass is 10.1. The lowest BCUT2D eigenvalue weighted by Gasteiger charge is -2.09. The molecular formula is C13H10F3NO2. The van der Waals surface area contributed by atoms with Gasteiger partial charge in [-0.3, -0.25) is 4.79 Å². The van der Waals surface area contributed by atoms with E-state index in [-0.39, 0.29) is 11.2 Å². The van der Waals surface area contributed by atoms with Crippen LogP contribution in [-0.4, -0.2) is 11.3 Å². The van der Waals surface area contributed by atoms with Gasteiger partial charge in [-0.1, -0.05) is 0 Å². The van der Waals surface area contributed by atoms with E-state index >= 15 is 0 Å². The number of aromatic nitrogens is 1. The van der Waals surface area contributed by atoms with E-state index in [2.05, 4.69) is 9.72 Å². The Hall–Kier alpha value is -2.24. The van der Waals surface area contributed by atoms with Crippen LogP contribution in [0.1, 0.15) is 5.56 Å². The first-order valence-corrected chi connectivity index (χ1v) is 5.41. The van der Waals surface area contributed by atoms with Crippen LogP contribution in [0.2, 0.25) is 0 Å². The summed E-state index contributed by atoms with van der Waals surface area (Å²) in [4.78, 5) is 14.4. The predicted octanol–water partition coefficient (Wildman–Crippen LogP) is 3.25. The third kappa shape index (κ3) is 3.37. The van der Waals surface area contributed by atoms with E-state index in [0.717, 1.165) is 0 Å². The molecule has 0 spiro atoms. The van der Waals surface area contributed by atoms with Crippen molar-refractivity contribution in [2.45, 2.75) is 13.3 Å². The Morgan fingerprint density at radius 3 is 2.32 bits per heavy atom. The standard InChI is InChI=1S/C13H10F3NO2/c1-8-7-17-11(6-12(8)18)9-2-4-10(5-3-9)19-13(14,15)16/h2-7H,1H3,(H,17,18). The SMILES string of the molecule is Cc1c[nH]c(-c2ccc(OC(F)(F)F)cc2)cc1=O. The molecule has 0 aliphatic rings. The van der Waals surface area contributed by atoms with E-state index in [1.165, 1.54) is 30.3 Å². The zero-order valence-electron chi connectivity index (χ0n) is 9.91. The highest BCUT2D eigenvalue weighted by atomic mass is 19.4. The summed E-state index contributed by atoms with van der Waals surface area (Å²) in [7, 11) is 0. The molecule has 0 saturated heterocycles. The fourth-order valence-corrected chi connectivity index (χ4v) is 1.55. The van der Waals surface area contributed by atoms with Gasteiger partial charge in [-0.25, -0.2) is 0 Å². The van der Waals surface area contributed by atoms with Gasteiger partial charge in [0.2, 0.25) is 0 Å². The molecule has 6 heteroatoms. The molecule has 0 bridgehead atoms. The number of hydrogen-bond acceptors (Lipinski definition) is 2. The van der Waals surface area contributed by atoms with Gasteiger partial charge in [0, 0.05) is 23.5 Å². The van der Waals surface area contributed by atoms with Crippen molar-refractivity contribution in [3.63, 3.8) is 0 Å². The number of aromatic amines is 1. The number of rotatable bonds is 2. The summed E-state index contributed by atoms with van der Waals surface area (Å²) in [5, 5.41) is 0. The molecule has 1 aromatic carbocycles. The number of ether oxygens (including phenoxy) is 1. The quantitative estimate of drug-likeness (QED) is 0.909. The summed E-state index contributed by atoms with van der Waals surface area (Å²) < 4.78 is 39.7. The van der Waals surface area contributed by atoms with Crippen molar-refractivity contribution in [1.82, 2.24) is 4.98 Å². The number of hydrogen-bond donors (Lipinski definition) is 1. The van der Waals surface area contributed by atoms with Crippen LogP contribution in [0.25, 0.3) is 11.3 Å². The largest absolute Gasteiger partial charge is 0.573 e. The Bertz CT molecular complexity index is 630. The second kappa shape index (κ2) is 4.79. The number of benzene rings is 1. The van der Waals surface area contributed by atoms with Gasteiger partial charge in [0.1, 0.15) is 5.75 Å². The highest BCUT2D eigenvalue weighted by molar-refractivity contribution is 5.60. The van der Waals surface area contributed by atoms with E-state index in [1.54, 1.807) is 13.1 Å². The van der Waals surface area contributed by atoms with Gasteiger partial charge >= 0.3 is 6.36 Å². The number of pyridine rings is 1. The Balaban J connectivity index is 2.27. The van der Waals surface area contributed by atoms with Crippen LogP contribution in [0.4, 0.5) is 13.2 Å². The maximum atomic E-state index is 12.0. The Labute approximate surface area is 106 Å². The molecule has 0 fully saturated rings. The maximum absolute atomic E-state index is 12.0. The first-order chi connectivity index (χ1) is 8.85. The normalized spacial score (nSPS) is 11.4. The van der Waals surface area contributed by atoms with Gasteiger partial charge < -0.3 is 9.72 Å². The van der Waals surface area contributed by atoms with Crippen molar-refractivity contribution in [2.24, 2.45) is 0 Å². The van der Waals surface area contributed by atoms with E-state index in [9.17, 15) is 18.0 Å². The zero-order chi connectivity index (χ0) is 14.0. The molecule has 0 radical (unpaired) electrons. The maximum Gasteiger partial charge on any atom is 0.573 e. The highest BCUT2D eigenvalue weighted by Gasteiger charge is 2.30. The van der Waals surface area contributed by atoms with E-state index < -0.39 is 6.36 Å². The Morgan fingerprint density at radius 2 is 1.79 bits per heavy atom. The Kier molecular flexibility index (Phi) is 3.33. The molecule has 0 atom stereocenters. The van der Waals surface area contributed by atoms with Gasteiger partial charge in [0.05, 0.1) is 0 Å². The zero-order valence-corrected chi connectivity index (χ0v) is 9.91. The average Bonchev–Trinajstić information content (AvgIpc) is 2.32. The molecule has 100 valence electrons.